The number of carbonyl (C=O) groups excluding carboxylic acids is 2. The molecule has 1 aliphatic rings. The quantitative estimate of drug-likeness (QED) is 0.187. The number of rotatable bonds is 15. The molecular weight excluding hydrogens is 589 g/mol. The lowest BCUT2D eigenvalue weighted by molar-refractivity contribution is -0.142. The van der Waals surface area contributed by atoms with Gasteiger partial charge in [-0.25, -0.2) is 13.2 Å². The molecule has 2 aromatic rings. The number of hydrogen-bond acceptors (Lipinski definition) is 6. The summed E-state index contributed by atoms with van der Waals surface area (Å²) in [6, 6.07) is 8.58. The van der Waals surface area contributed by atoms with Crippen LogP contribution in [0.5, 0.6) is 0 Å². The van der Waals surface area contributed by atoms with Crippen molar-refractivity contribution in [1.82, 2.24) is 9.62 Å². The number of carboxylic acid groups (broad SMARTS) is 1. The summed E-state index contributed by atoms with van der Waals surface area (Å²) < 4.78 is 27.6. The van der Waals surface area contributed by atoms with Gasteiger partial charge in [-0.15, -0.1) is 0 Å². The average Bonchev–Trinajstić information content (AvgIpc) is 3.39. The van der Waals surface area contributed by atoms with Crippen LogP contribution in [0.1, 0.15) is 63.0 Å². The molecule has 9 nitrogen and oxygen atoms in total. The summed E-state index contributed by atoms with van der Waals surface area (Å²) in [6.07, 6.45) is 4.79. The van der Waals surface area contributed by atoms with Gasteiger partial charge in [0.25, 0.3) is 0 Å². The lowest BCUT2D eigenvalue weighted by Gasteiger charge is -2.25. The molecule has 0 aromatic heterocycles. The van der Waals surface area contributed by atoms with Crippen LogP contribution in [-0.4, -0.2) is 59.8 Å². The molecule has 0 spiro atoms. The van der Waals surface area contributed by atoms with Gasteiger partial charge in [-0.2, -0.15) is 4.31 Å². The minimum Gasteiger partial charge on any atom is -0.480 e. The van der Waals surface area contributed by atoms with E-state index in [2.05, 4.69) is 5.32 Å². The number of aliphatic carboxylic acids is 1. The van der Waals surface area contributed by atoms with E-state index in [-0.39, 0.29) is 46.5 Å². The van der Waals surface area contributed by atoms with Crippen molar-refractivity contribution in [1.29, 1.82) is 5.41 Å². The monoisotopic (exact) mass is 623 g/mol. The first kappa shape index (κ1) is 32.7. The van der Waals surface area contributed by atoms with Crippen LogP contribution in [0, 0.1) is 5.41 Å². The number of halogens is 2. The van der Waals surface area contributed by atoms with Crippen molar-refractivity contribution in [3.63, 3.8) is 0 Å². The number of hydrogen-bond donors (Lipinski definition) is 3. The van der Waals surface area contributed by atoms with Crippen molar-refractivity contribution in [2.45, 2.75) is 81.7 Å². The van der Waals surface area contributed by atoms with Crippen LogP contribution in [0.3, 0.4) is 0 Å². The molecule has 2 aromatic carbocycles. The van der Waals surface area contributed by atoms with E-state index >= 15 is 0 Å². The Morgan fingerprint density at radius 1 is 1.02 bits per heavy atom. The zero-order chi connectivity index (χ0) is 30.2. The third-order valence-electron chi connectivity index (χ3n) is 6.94. The molecule has 1 fully saturated rings. The van der Waals surface area contributed by atoms with E-state index in [1.165, 1.54) is 18.2 Å². The van der Waals surface area contributed by atoms with E-state index in [0.717, 1.165) is 35.6 Å². The molecule has 1 saturated heterocycles. The smallest absolute Gasteiger partial charge is 0.326 e. The molecule has 0 bridgehead atoms. The standard InChI is InChI=1S/C29H35Cl2N3O6S/c1-19(32)6-3-2-4-7-24(35)14-20-9-11-21(12-10-20)15-26(29(37)38)33-28(36)27-8-5-13-34(27)41(39,40)25-17-22(30)16-23(31)18-25/h9-12,16-18,26-27,32H,2-8,13-15H2,1H3,(H,33,36)(H,37,38)/t26?,27-/m0/s1. The van der Waals surface area contributed by atoms with Crippen LogP contribution < -0.4 is 5.32 Å². The Labute approximate surface area is 250 Å². The summed E-state index contributed by atoms with van der Waals surface area (Å²) in [6.45, 7) is 1.88. The number of sulfonamides is 1. The molecule has 41 heavy (non-hydrogen) atoms. The molecule has 1 unspecified atom stereocenters. The lowest BCUT2D eigenvalue weighted by Crippen LogP contribution is -2.51. The Kier molecular flexibility index (Phi) is 11.9. The number of nitrogens with zero attached hydrogens (tertiary/aromatic N) is 1. The Balaban J connectivity index is 1.59. The molecule has 1 heterocycles. The summed E-state index contributed by atoms with van der Waals surface area (Å²) in [5.41, 5.74) is 2.12. The second-order valence-corrected chi connectivity index (χ2v) is 13.1. The highest BCUT2D eigenvalue weighted by atomic mass is 35.5. The number of Topliss-reactive ketones (excluding diaryl/α,β-unsaturated/α-hetero) is 1. The van der Waals surface area contributed by atoms with E-state index in [1.807, 2.05) is 0 Å². The van der Waals surface area contributed by atoms with E-state index in [9.17, 15) is 27.9 Å². The number of carboxylic acids is 1. The summed E-state index contributed by atoms with van der Waals surface area (Å²) in [7, 11) is -4.10. The van der Waals surface area contributed by atoms with Crippen LogP contribution in [0.25, 0.3) is 0 Å². The highest BCUT2D eigenvalue weighted by Gasteiger charge is 2.40. The van der Waals surface area contributed by atoms with E-state index in [4.69, 9.17) is 28.6 Å². The van der Waals surface area contributed by atoms with Crippen LogP contribution in [-0.2, 0) is 37.2 Å². The largest absolute Gasteiger partial charge is 0.480 e. The van der Waals surface area contributed by atoms with Crippen LogP contribution in [0.15, 0.2) is 47.4 Å². The molecular formula is C29H35Cl2N3O6S. The molecule has 0 aliphatic carbocycles. The molecule has 12 heteroatoms. The second-order valence-electron chi connectivity index (χ2n) is 10.4. The lowest BCUT2D eigenvalue weighted by atomic mass is 10.00. The molecule has 0 radical (unpaired) electrons. The van der Waals surface area contributed by atoms with Crippen molar-refractivity contribution in [2.24, 2.45) is 0 Å². The number of amides is 1. The number of ketones is 1. The van der Waals surface area contributed by atoms with Crippen LogP contribution in [0.4, 0.5) is 0 Å². The number of benzene rings is 2. The molecule has 3 N–H and O–H groups in total. The Hall–Kier alpha value is -2.79. The maximum Gasteiger partial charge on any atom is 0.326 e. The molecule has 0 saturated carbocycles. The number of carbonyl (C=O) groups is 3. The fourth-order valence-corrected chi connectivity index (χ4v) is 7.19. The Morgan fingerprint density at radius 3 is 2.24 bits per heavy atom. The topological polar surface area (TPSA) is 145 Å². The SMILES string of the molecule is CC(=N)CCCCCC(=O)Cc1ccc(CC(NC(=O)[C@@H]2CCCN2S(=O)(=O)c2cc(Cl)cc(Cl)c2)C(=O)O)cc1. The van der Waals surface area contributed by atoms with Gasteiger partial charge in [0.15, 0.2) is 0 Å². The van der Waals surface area contributed by atoms with E-state index in [1.54, 1.807) is 31.2 Å². The third kappa shape index (κ3) is 9.63. The van der Waals surface area contributed by atoms with Crippen molar-refractivity contribution < 1.29 is 27.9 Å². The minimum atomic E-state index is -4.10. The average molecular weight is 625 g/mol. The third-order valence-corrected chi connectivity index (χ3v) is 9.26. The fourth-order valence-electron chi connectivity index (χ4n) is 4.80. The fraction of sp³-hybridized carbons (Fsp3) is 0.448. The highest BCUT2D eigenvalue weighted by molar-refractivity contribution is 7.89. The molecule has 222 valence electrons. The van der Waals surface area contributed by atoms with Gasteiger partial charge in [-0.3, -0.25) is 9.59 Å². The second kappa shape index (κ2) is 14.9. The first-order valence-electron chi connectivity index (χ1n) is 13.5. The molecule has 3 rings (SSSR count). The molecule has 2 atom stereocenters. The first-order valence-corrected chi connectivity index (χ1v) is 15.7. The summed E-state index contributed by atoms with van der Waals surface area (Å²) in [4.78, 5) is 37.3. The van der Waals surface area contributed by atoms with E-state index < -0.39 is 34.0 Å². The highest BCUT2D eigenvalue weighted by Crippen LogP contribution is 2.30. The van der Waals surface area contributed by atoms with Crippen LogP contribution >= 0.6 is 23.2 Å². The minimum absolute atomic E-state index is 0.00882. The predicted octanol–water partition coefficient (Wildman–Crippen LogP) is 5.06. The Morgan fingerprint density at radius 2 is 1.63 bits per heavy atom. The number of nitrogens with one attached hydrogen (secondary N) is 2. The van der Waals surface area contributed by atoms with Crippen molar-refractivity contribution in [3.05, 3.63) is 63.6 Å². The zero-order valence-corrected chi connectivity index (χ0v) is 25.2. The van der Waals surface area contributed by atoms with Crippen LogP contribution in [0.2, 0.25) is 10.0 Å². The molecule has 1 aliphatic heterocycles. The Bertz CT molecular complexity index is 1360. The maximum atomic E-state index is 13.3. The van der Waals surface area contributed by atoms with Gasteiger partial charge in [0, 0.05) is 41.6 Å². The van der Waals surface area contributed by atoms with Gasteiger partial charge in [0.1, 0.15) is 17.9 Å². The predicted molar refractivity (Wildman–Crippen MR) is 158 cm³/mol. The maximum absolute atomic E-state index is 13.3. The summed E-state index contributed by atoms with van der Waals surface area (Å²) >= 11 is 12.0. The zero-order valence-electron chi connectivity index (χ0n) is 22.9. The van der Waals surface area contributed by atoms with E-state index in [0.29, 0.717) is 24.1 Å². The van der Waals surface area contributed by atoms with Gasteiger partial charge in [-0.05, 0) is 68.4 Å². The number of unbranched alkanes of at least 4 members (excludes halogenated alkanes) is 2. The van der Waals surface area contributed by atoms with Crippen molar-refractivity contribution in [3.8, 4) is 0 Å². The molecule has 1 amide bonds. The van der Waals surface area contributed by atoms with Gasteiger partial charge in [-0.1, -0.05) is 53.9 Å². The van der Waals surface area contributed by atoms with Gasteiger partial charge < -0.3 is 15.8 Å². The normalized spacial score (nSPS) is 16.3. The van der Waals surface area contributed by atoms with Gasteiger partial charge in [0.05, 0.1) is 4.90 Å². The summed E-state index contributed by atoms with van der Waals surface area (Å²) in [5, 5.41) is 20.0. The van der Waals surface area contributed by atoms with Crippen molar-refractivity contribution >= 4 is 56.6 Å². The van der Waals surface area contributed by atoms with Crippen molar-refractivity contribution in [2.75, 3.05) is 6.54 Å². The summed E-state index contributed by atoms with van der Waals surface area (Å²) in [5.74, 6) is -1.81. The first-order chi connectivity index (χ1) is 19.4. The van der Waals surface area contributed by atoms with Gasteiger partial charge in [0.2, 0.25) is 15.9 Å². The van der Waals surface area contributed by atoms with Gasteiger partial charge >= 0.3 is 5.97 Å².